The van der Waals surface area contributed by atoms with E-state index in [9.17, 15) is 13.2 Å². The second kappa shape index (κ2) is 8.80. The molecule has 30 heavy (non-hydrogen) atoms. The molecule has 0 amide bonds. The highest BCUT2D eigenvalue weighted by atomic mass is 19.4. The fourth-order valence-corrected chi connectivity index (χ4v) is 3.21. The van der Waals surface area contributed by atoms with Crippen LogP contribution in [0.1, 0.15) is 17.0 Å². The van der Waals surface area contributed by atoms with Gasteiger partial charge in [0, 0.05) is 31.5 Å². The van der Waals surface area contributed by atoms with Gasteiger partial charge in [-0.25, -0.2) is 4.68 Å². The summed E-state index contributed by atoms with van der Waals surface area (Å²) in [6.45, 7) is 4.41. The number of morpholine rings is 1. The zero-order valence-corrected chi connectivity index (χ0v) is 16.1. The lowest BCUT2D eigenvalue weighted by Gasteiger charge is -2.26. The predicted octanol–water partition coefficient (Wildman–Crippen LogP) is 3.13. The average molecular weight is 418 g/mol. The smallest absolute Gasteiger partial charge is 0.379 e. The van der Waals surface area contributed by atoms with E-state index in [4.69, 9.17) is 4.74 Å². The van der Waals surface area contributed by atoms with E-state index < -0.39 is 11.9 Å². The summed E-state index contributed by atoms with van der Waals surface area (Å²) in [6.07, 6.45) is -1.60. The number of nitrogens with zero attached hydrogens (tertiary/aromatic N) is 5. The van der Waals surface area contributed by atoms with E-state index in [1.165, 1.54) is 11.6 Å². The third-order valence-electron chi connectivity index (χ3n) is 4.75. The van der Waals surface area contributed by atoms with Crippen LogP contribution in [0.4, 0.5) is 18.9 Å². The summed E-state index contributed by atoms with van der Waals surface area (Å²) in [5.74, 6) is 0. The molecule has 1 aliphatic rings. The molecule has 0 spiro atoms. The monoisotopic (exact) mass is 418 g/mol. The molecule has 10 heteroatoms. The topological polar surface area (TPSA) is 68.1 Å². The maximum Gasteiger partial charge on any atom is 0.433 e. The van der Waals surface area contributed by atoms with Crippen molar-refractivity contribution >= 4 is 5.69 Å². The molecule has 0 aliphatic carbocycles. The summed E-state index contributed by atoms with van der Waals surface area (Å²) >= 11 is 0. The lowest BCUT2D eigenvalue weighted by molar-refractivity contribution is -0.141. The standard InChI is InChI=1S/C20H21F3N6O/c21-20(22,23)19-11-16(4-5-24-19)25-12-17-14-29(27-26-17)18-3-1-2-15(10-18)13-28-6-8-30-9-7-28/h1-5,10-11,14H,6-9,12-13H2,(H,24,25). The van der Waals surface area contributed by atoms with Gasteiger partial charge in [0.1, 0.15) is 11.4 Å². The summed E-state index contributed by atoms with van der Waals surface area (Å²) in [5, 5.41) is 11.2. The molecule has 0 atom stereocenters. The van der Waals surface area contributed by atoms with Crippen molar-refractivity contribution in [2.45, 2.75) is 19.3 Å². The fraction of sp³-hybridized carbons (Fsp3) is 0.350. The normalized spacial score (nSPS) is 15.3. The van der Waals surface area contributed by atoms with E-state index in [0.29, 0.717) is 11.4 Å². The van der Waals surface area contributed by atoms with Crippen LogP contribution in [0.5, 0.6) is 0 Å². The summed E-state index contributed by atoms with van der Waals surface area (Å²) in [4.78, 5) is 5.69. The Kier molecular flexibility index (Phi) is 5.96. The van der Waals surface area contributed by atoms with Gasteiger partial charge in [0.2, 0.25) is 0 Å². The first-order chi connectivity index (χ1) is 14.5. The quantitative estimate of drug-likeness (QED) is 0.664. The largest absolute Gasteiger partial charge is 0.433 e. The Balaban J connectivity index is 1.40. The van der Waals surface area contributed by atoms with Crippen molar-refractivity contribution in [1.29, 1.82) is 0 Å². The maximum absolute atomic E-state index is 12.8. The van der Waals surface area contributed by atoms with Gasteiger partial charge in [-0.3, -0.25) is 9.88 Å². The number of pyridine rings is 1. The lowest BCUT2D eigenvalue weighted by atomic mass is 10.2. The Morgan fingerprint density at radius 1 is 1.10 bits per heavy atom. The molecule has 3 aromatic rings. The number of halogens is 3. The predicted molar refractivity (Wildman–Crippen MR) is 104 cm³/mol. The number of hydrogen-bond donors (Lipinski definition) is 1. The molecule has 1 N–H and O–H groups in total. The molecule has 1 aliphatic heterocycles. The van der Waals surface area contributed by atoms with E-state index in [2.05, 4.69) is 37.6 Å². The molecule has 3 heterocycles. The van der Waals surface area contributed by atoms with Crippen LogP contribution in [0, 0.1) is 0 Å². The van der Waals surface area contributed by atoms with E-state index in [1.807, 2.05) is 12.1 Å². The SMILES string of the molecule is FC(F)(F)c1cc(NCc2cn(-c3cccc(CN4CCOCC4)c3)nn2)ccn1. The number of alkyl halides is 3. The van der Waals surface area contributed by atoms with Crippen LogP contribution in [-0.4, -0.2) is 51.2 Å². The molecule has 2 aromatic heterocycles. The number of aromatic nitrogens is 4. The third kappa shape index (κ3) is 5.14. The number of ether oxygens (including phenoxy) is 1. The highest BCUT2D eigenvalue weighted by molar-refractivity contribution is 5.44. The van der Waals surface area contributed by atoms with E-state index >= 15 is 0 Å². The van der Waals surface area contributed by atoms with Crippen LogP contribution in [0.2, 0.25) is 0 Å². The van der Waals surface area contributed by atoms with Crippen LogP contribution in [0.25, 0.3) is 5.69 Å². The van der Waals surface area contributed by atoms with E-state index in [-0.39, 0.29) is 6.54 Å². The summed E-state index contributed by atoms with van der Waals surface area (Å²) in [5.41, 5.74) is 2.04. The summed E-state index contributed by atoms with van der Waals surface area (Å²) in [7, 11) is 0. The molecule has 1 saturated heterocycles. The van der Waals surface area contributed by atoms with Crippen molar-refractivity contribution in [1.82, 2.24) is 24.9 Å². The van der Waals surface area contributed by atoms with Gasteiger partial charge in [-0.1, -0.05) is 17.3 Å². The Morgan fingerprint density at radius 2 is 1.93 bits per heavy atom. The minimum absolute atomic E-state index is 0.245. The molecule has 0 bridgehead atoms. The number of nitrogens with one attached hydrogen (secondary N) is 1. The van der Waals surface area contributed by atoms with Gasteiger partial charge < -0.3 is 10.1 Å². The number of anilines is 1. The first kappa shape index (κ1) is 20.3. The van der Waals surface area contributed by atoms with Gasteiger partial charge in [-0.2, -0.15) is 13.2 Å². The highest BCUT2D eigenvalue weighted by Crippen LogP contribution is 2.28. The van der Waals surface area contributed by atoms with Crippen molar-refractivity contribution in [2.24, 2.45) is 0 Å². The average Bonchev–Trinajstić information content (AvgIpc) is 3.22. The molecule has 1 aromatic carbocycles. The third-order valence-corrected chi connectivity index (χ3v) is 4.75. The zero-order valence-electron chi connectivity index (χ0n) is 16.1. The van der Waals surface area contributed by atoms with Crippen LogP contribution < -0.4 is 5.32 Å². The highest BCUT2D eigenvalue weighted by Gasteiger charge is 2.32. The second-order valence-corrected chi connectivity index (χ2v) is 6.99. The zero-order chi connectivity index (χ0) is 21.0. The van der Waals surface area contributed by atoms with E-state index in [0.717, 1.165) is 50.8 Å². The summed E-state index contributed by atoms with van der Waals surface area (Å²) < 4.78 is 45.4. The van der Waals surface area contributed by atoms with Gasteiger partial charge >= 0.3 is 6.18 Å². The van der Waals surface area contributed by atoms with Crippen LogP contribution >= 0.6 is 0 Å². The maximum atomic E-state index is 12.8. The van der Waals surface area contributed by atoms with Crippen molar-refractivity contribution < 1.29 is 17.9 Å². The molecule has 0 unspecified atom stereocenters. The minimum atomic E-state index is -4.48. The van der Waals surface area contributed by atoms with Gasteiger partial charge in [0.15, 0.2) is 0 Å². The first-order valence-corrected chi connectivity index (χ1v) is 9.55. The van der Waals surface area contributed by atoms with Crippen LogP contribution in [0.15, 0.2) is 48.8 Å². The van der Waals surface area contributed by atoms with Crippen molar-refractivity contribution in [3.63, 3.8) is 0 Å². The molecule has 7 nitrogen and oxygen atoms in total. The number of hydrogen-bond acceptors (Lipinski definition) is 6. The van der Waals surface area contributed by atoms with Crippen LogP contribution in [-0.2, 0) is 24.0 Å². The molecular formula is C20H21F3N6O. The molecule has 1 fully saturated rings. The van der Waals surface area contributed by atoms with Crippen molar-refractivity contribution in [2.75, 3.05) is 31.6 Å². The summed E-state index contributed by atoms with van der Waals surface area (Å²) in [6, 6.07) is 10.5. The minimum Gasteiger partial charge on any atom is -0.379 e. The Hall–Kier alpha value is -2.98. The van der Waals surface area contributed by atoms with Crippen molar-refractivity contribution in [3.8, 4) is 5.69 Å². The number of rotatable bonds is 6. The van der Waals surface area contributed by atoms with Gasteiger partial charge in [0.25, 0.3) is 0 Å². The molecule has 4 rings (SSSR count). The van der Waals surface area contributed by atoms with Gasteiger partial charge in [-0.15, -0.1) is 5.10 Å². The van der Waals surface area contributed by atoms with Crippen molar-refractivity contribution in [3.05, 3.63) is 65.7 Å². The molecule has 158 valence electrons. The molecule has 0 saturated carbocycles. The fourth-order valence-electron chi connectivity index (χ4n) is 3.21. The van der Waals surface area contributed by atoms with Gasteiger partial charge in [0.05, 0.1) is 31.6 Å². The Morgan fingerprint density at radius 3 is 2.73 bits per heavy atom. The van der Waals surface area contributed by atoms with E-state index in [1.54, 1.807) is 10.9 Å². The molecular weight excluding hydrogens is 397 g/mol. The first-order valence-electron chi connectivity index (χ1n) is 9.55. The Bertz CT molecular complexity index is 984. The van der Waals surface area contributed by atoms with Crippen LogP contribution in [0.3, 0.4) is 0 Å². The lowest BCUT2D eigenvalue weighted by Crippen LogP contribution is -2.35. The second-order valence-electron chi connectivity index (χ2n) is 6.99. The molecule has 0 radical (unpaired) electrons. The number of benzene rings is 1. The van der Waals surface area contributed by atoms with Gasteiger partial charge in [-0.05, 0) is 29.8 Å². The Labute approximate surface area is 171 Å².